The minimum atomic E-state index is -3.00. The van der Waals surface area contributed by atoms with E-state index in [1.807, 2.05) is 13.1 Å². The molecule has 6 heteroatoms. The second-order valence-electron chi connectivity index (χ2n) is 5.10. The van der Waals surface area contributed by atoms with Gasteiger partial charge in [0, 0.05) is 18.3 Å². The van der Waals surface area contributed by atoms with Gasteiger partial charge in [-0.05, 0) is 33.7 Å². The van der Waals surface area contributed by atoms with Crippen LogP contribution >= 0.6 is 0 Å². The fourth-order valence-corrected chi connectivity index (χ4v) is 2.62. The molecule has 0 aliphatic heterocycles. The number of hydrogen-bond acceptors (Lipinski definition) is 4. The fourth-order valence-electron chi connectivity index (χ4n) is 1.70. The summed E-state index contributed by atoms with van der Waals surface area (Å²) in [5, 5.41) is 7.36. The number of rotatable bonds is 8. The molecule has 0 saturated carbocycles. The van der Waals surface area contributed by atoms with Gasteiger partial charge >= 0.3 is 0 Å². The van der Waals surface area contributed by atoms with Crippen LogP contribution < -0.4 is 5.32 Å². The molecule has 19 heavy (non-hydrogen) atoms. The van der Waals surface area contributed by atoms with Gasteiger partial charge in [0.2, 0.25) is 0 Å². The number of nitrogens with one attached hydrogen (secondary N) is 1. The predicted molar refractivity (Wildman–Crippen MR) is 77.9 cm³/mol. The van der Waals surface area contributed by atoms with E-state index in [0.29, 0.717) is 6.54 Å². The summed E-state index contributed by atoms with van der Waals surface area (Å²) in [5.74, 6) is 0.146. The Hall–Kier alpha value is -0.880. The van der Waals surface area contributed by atoms with Crippen LogP contribution in [0, 0.1) is 6.92 Å². The first-order chi connectivity index (χ1) is 8.86. The van der Waals surface area contributed by atoms with Crippen molar-refractivity contribution in [1.29, 1.82) is 0 Å². The molecule has 0 bridgehead atoms. The highest BCUT2D eigenvalue weighted by Crippen LogP contribution is 2.07. The van der Waals surface area contributed by atoms with E-state index < -0.39 is 9.84 Å². The molecule has 1 heterocycles. The van der Waals surface area contributed by atoms with Gasteiger partial charge in [-0.3, -0.25) is 4.68 Å². The highest BCUT2D eigenvalue weighted by atomic mass is 32.2. The maximum atomic E-state index is 11.8. The molecule has 0 atom stereocenters. The molecule has 1 N–H and O–H groups in total. The Bertz CT molecular complexity index is 492. The van der Waals surface area contributed by atoms with Gasteiger partial charge in [-0.2, -0.15) is 5.10 Å². The molecule has 0 unspecified atom stereocenters. The summed E-state index contributed by atoms with van der Waals surface area (Å²) in [7, 11) is -3.00. The average molecular weight is 287 g/mol. The van der Waals surface area contributed by atoms with Gasteiger partial charge in [-0.25, -0.2) is 8.42 Å². The van der Waals surface area contributed by atoms with Crippen molar-refractivity contribution in [1.82, 2.24) is 15.1 Å². The number of sulfone groups is 1. The van der Waals surface area contributed by atoms with Crippen LogP contribution in [-0.2, 0) is 22.9 Å². The van der Waals surface area contributed by atoms with Crippen LogP contribution in [0.25, 0.3) is 0 Å². The van der Waals surface area contributed by atoms with E-state index in [1.165, 1.54) is 0 Å². The summed E-state index contributed by atoms with van der Waals surface area (Å²) in [5.41, 5.74) is 2.10. The lowest BCUT2D eigenvalue weighted by molar-refractivity contribution is 0.572. The lowest BCUT2D eigenvalue weighted by atomic mass is 10.2. The summed E-state index contributed by atoms with van der Waals surface area (Å²) in [6.07, 6.45) is 3.04. The summed E-state index contributed by atoms with van der Waals surface area (Å²) in [4.78, 5) is 0. The molecule has 0 radical (unpaired) electrons. The number of aromatic nitrogens is 2. The molecule has 5 nitrogen and oxygen atoms in total. The Balaban J connectivity index is 2.59. The Morgan fingerprint density at radius 1 is 1.42 bits per heavy atom. The van der Waals surface area contributed by atoms with Crippen molar-refractivity contribution in [2.24, 2.45) is 0 Å². The summed E-state index contributed by atoms with van der Waals surface area (Å²) < 4.78 is 25.2. The van der Waals surface area contributed by atoms with Crippen molar-refractivity contribution in [3.05, 3.63) is 17.5 Å². The zero-order valence-corrected chi connectivity index (χ0v) is 13.1. The number of nitrogens with zero attached hydrogens (tertiary/aromatic N) is 2. The van der Waals surface area contributed by atoms with Gasteiger partial charge in [-0.15, -0.1) is 0 Å². The van der Waals surface area contributed by atoms with Gasteiger partial charge < -0.3 is 5.32 Å². The van der Waals surface area contributed by atoms with Crippen molar-refractivity contribution in [3.63, 3.8) is 0 Å². The minimum absolute atomic E-state index is 0.146. The zero-order chi connectivity index (χ0) is 14.5. The Morgan fingerprint density at radius 2 is 2.11 bits per heavy atom. The zero-order valence-electron chi connectivity index (χ0n) is 12.3. The Labute approximate surface area is 116 Å². The third kappa shape index (κ3) is 4.95. The van der Waals surface area contributed by atoms with E-state index >= 15 is 0 Å². The van der Waals surface area contributed by atoms with Crippen LogP contribution in [0.5, 0.6) is 0 Å². The van der Waals surface area contributed by atoms with E-state index in [9.17, 15) is 8.42 Å². The van der Waals surface area contributed by atoms with E-state index in [2.05, 4.69) is 17.3 Å². The van der Waals surface area contributed by atoms with Crippen LogP contribution in [0.15, 0.2) is 6.20 Å². The molecule has 1 aromatic rings. The third-order valence-electron chi connectivity index (χ3n) is 3.11. The fraction of sp³-hybridized carbons (Fsp3) is 0.769. The lowest BCUT2D eigenvalue weighted by Gasteiger charge is -2.07. The smallest absolute Gasteiger partial charge is 0.154 e. The van der Waals surface area contributed by atoms with E-state index in [0.717, 1.165) is 30.8 Å². The highest BCUT2D eigenvalue weighted by molar-refractivity contribution is 7.91. The van der Waals surface area contributed by atoms with Crippen molar-refractivity contribution in [3.8, 4) is 0 Å². The molecule has 0 aromatic carbocycles. The van der Waals surface area contributed by atoms with Crippen LogP contribution in [0.4, 0.5) is 0 Å². The normalized spacial score (nSPS) is 12.3. The van der Waals surface area contributed by atoms with Crippen LogP contribution in [0.1, 0.15) is 38.4 Å². The van der Waals surface area contributed by atoms with Crippen LogP contribution in [0.2, 0.25) is 0 Å². The van der Waals surface area contributed by atoms with Crippen molar-refractivity contribution in [2.45, 2.75) is 52.5 Å². The third-order valence-corrected chi connectivity index (χ3v) is 5.30. The summed E-state index contributed by atoms with van der Waals surface area (Å²) >= 11 is 0. The molecule has 0 fully saturated rings. The maximum Gasteiger partial charge on any atom is 0.154 e. The van der Waals surface area contributed by atoms with Crippen LogP contribution in [0.3, 0.4) is 0 Å². The number of aryl methyl sites for hydroxylation is 2. The van der Waals surface area contributed by atoms with Gasteiger partial charge in [0.15, 0.2) is 9.84 Å². The van der Waals surface area contributed by atoms with Crippen LogP contribution in [-0.4, -0.2) is 35.7 Å². The van der Waals surface area contributed by atoms with E-state index in [4.69, 9.17) is 0 Å². The Kier molecular flexibility index (Phi) is 6.00. The lowest BCUT2D eigenvalue weighted by Crippen LogP contribution is -2.21. The molecule has 1 rings (SSSR count). The van der Waals surface area contributed by atoms with Crippen molar-refractivity contribution in [2.75, 3.05) is 12.3 Å². The van der Waals surface area contributed by atoms with Gasteiger partial charge in [0.25, 0.3) is 0 Å². The highest BCUT2D eigenvalue weighted by Gasteiger charge is 2.16. The second kappa shape index (κ2) is 7.05. The molecule has 0 saturated heterocycles. The van der Waals surface area contributed by atoms with Crippen molar-refractivity contribution >= 4 is 9.84 Å². The standard InChI is InChI=1S/C13H25N3O2S/c1-5-6-14-9-13-10-16(15-12(13)4)7-8-19(17,18)11(2)3/h10-11,14H,5-9H2,1-4H3. The molecular weight excluding hydrogens is 262 g/mol. The number of hydrogen-bond donors (Lipinski definition) is 1. The first kappa shape index (κ1) is 16.2. The van der Waals surface area contributed by atoms with Gasteiger partial charge in [0.1, 0.15) is 0 Å². The quantitative estimate of drug-likeness (QED) is 0.736. The van der Waals surface area contributed by atoms with Gasteiger partial charge in [-0.1, -0.05) is 6.92 Å². The summed E-state index contributed by atoms with van der Waals surface area (Å²) in [6, 6.07) is 0. The van der Waals surface area contributed by atoms with Gasteiger partial charge in [0.05, 0.1) is 23.2 Å². The molecule has 1 aromatic heterocycles. The first-order valence-corrected chi connectivity index (χ1v) is 8.53. The molecule has 0 aliphatic carbocycles. The van der Waals surface area contributed by atoms with E-state index in [1.54, 1.807) is 18.5 Å². The first-order valence-electron chi connectivity index (χ1n) is 6.82. The molecule has 110 valence electrons. The summed E-state index contributed by atoms with van der Waals surface area (Å²) in [6.45, 7) is 9.70. The SMILES string of the molecule is CCCNCc1cn(CCS(=O)(=O)C(C)C)nc1C. The second-order valence-corrected chi connectivity index (χ2v) is 7.77. The molecule has 0 spiro atoms. The molecule has 0 amide bonds. The Morgan fingerprint density at radius 3 is 2.68 bits per heavy atom. The maximum absolute atomic E-state index is 11.8. The van der Waals surface area contributed by atoms with Crippen molar-refractivity contribution < 1.29 is 8.42 Å². The predicted octanol–water partition coefficient (Wildman–Crippen LogP) is 1.51. The molecule has 0 aliphatic rings. The largest absolute Gasteiger partial charge is 0.313 e. The average Bonchev–Trinajstić information content (AvgIpc) is 2.68. The molecular formula is C13H25N3O2S. The topological polar surface area (TPSA) is 64.0 Å². The minimum Gasteiger partial charge on any atom is -0.313 e. The monoisotopic (exact) mass is 287 g/mol. The van der Waals surface area contributed by atoms with E-state index in [-0.39, 0.29) is 11.0 Å².